The van der Waals surface area contributed by atoms with E-state index in [0.29, 0.717) is 32.6 Å². The van der Waals surface area contributed by atoms with Gasteiger partial charge in [-0.3, -0.25) is 9.59 Å². The second-order valence-electron chi connectivity index (χ2n) is 11.7. The number of carbonyl (C=O) groups is 3. The van der Waals surface area contributed by atoms with Crippen molar-refractivity contribution in [3.63, 3.8) is 0 Å². The van der Waals surface area contributed by atoms with E-state index in [2.05, 4.69) is 81.1 Å². The number of benzene rings is 5. The second-order valence-corrected chi connectivity index (χ2v) is 13.8. The molecule has 1 N–H and O–H groups in total. The van der Waals surface area contributed by atoms with Crippen molar-refractivity contribution in [3.05, 3.63) is 120 Å². The first-order valence-corrected chi connectivity index (χ1v) is 18.0. The molecule has 0 bridgehead atoms. The van der Waals surface area contributed by atoms with Gasteiger partial charge in [0, 0.05) is 0 Å². The van der Waals surface area contributed by atoms with Gasteiger partial charge in [-0.1, -0.05) is 6.07 Å². The van der Waals surface area contributed by atoms with Crippen molar-refractivity contribution in [2.45, 2.75) is 13.0 Å². The molecule has 0 saturated heterocycles. The summed E-state index contributed by atoms with van der Waals surface area (Å²) in [7, 11) is 0. The summed E-state index contributed by atoms with van der Waals surface area (Å²) in [5.41, 5.74) is 3.06. The standard InChI is InChI=1S/C40H33N3O6Se/c44-26-48-24-22-41-34-19-18-28-10-4-5-11-29(28)38(34)42(23-25-49-27-45)35(41)16-2-1-3-17-36-43(21-20-37(46)47)39-32-14-8-6-12-30(32)31-13-7-9-15-33(31)40(39)50-36/h1-19,26-27H,20-25H2/p+1. The topological polar surface area (TPSA) is 100 Å². The van der Waals surface area contributed by atoms with E-state index in [-0.39, 0.29) is 34.1 Å². The van der Waals surface area contributed by atoms with Crippen LogP contribution in [0.15, 0.2) is 115 Å². The number of carboxylic acid groups (broad SMARTS) is 1. The fraction of sp³-hybridized carbons (Fsp3) is 0.150. The number of carboxylic acids is 1. The van der Waals surface area contributed by atoms with E-state index >= 15 is 0 Å². The Morgan fingerprint density at radius 1 is 0.740 bits per heavy atom. The fourth-order valence-corrected chi connectivity index (χ4v) is 9.41. The predicted molar refractivity (Wildman–Crippen MR) is 197 cm³/mol. The minimum atomic E-state index is -0.831. The van der Waals surface area contributed by atoms with Gasteiger partial charge in [-0.15, -0.1) is 0 Å². The number of carbonyl (C=O) groups excluding carboxylic acids is 2. The summed E-state index contributed by atoms with van der Waals surface area (Å²) < 4.78 is 14.8. The van der Waals surface area contributed by atoms with Crippen LogP contribution in [0.25, 0.3) is 48.2 Å². The van der Waals surface area contributed by atoms with Gasteiger partial charge >= 0.3 is 280 Å². The first-order chi connectivity index (χ1) is 24.6. The molecule has 0 spiro atoms. The average Bonchev–Trinajstić information content (AvgIpc) is 3.66. The molecule has 1 aliphatic heterocycles. The van der Waals surface area contributed by atoms with E-state index in [0.717, 1.165) is 48.8 Å². The van der Waals surface area contributed by atoms with Crippen molar-refractivity contribution in [1.82, 2.24) is 0 Å². The van der Waals surface area contributed by atoms with Crippen LogP contribution in [0, 0.1) is 0 Å². The van der Waals surface area contributed by atoms with E-state index in [4.69, 9.17) is 9.47 Å². The average molecular weight is 732 g/mol. The summed E-state index contributed by atoms with van der Waals surface area (Å²) >= 11 is -0.0425. The molecule has 6 aromatic rings. The van der Waals surface area contributed by atoms with Gasteiger partial charge in [-0.05, 0) is 0 Å². The Labute approximate surface area is 294 Å². The van der Waals surface area contributed by atoms with Gasteiger partial charge in [0.05, 0.1) is 0 Å². The van der Waals surface area contributed by atoms with Gasteiger partial charge in [-0.2, -0.15) is 0 Å². The molecule has 0 unspecified atom stereocenters. The predicted octanol–water partition coefficient (Wildman–Crippen LogP) is 6.20. The molecule has 2 heterocycles. The van der Waals surface area contributed by atoms with Crippen LogP contribution < -0.4 is 14.4 Å². The van der Waals surface area contributed by atoms with Gasteiger partial charge < -0.3 is 0 Å². The Bertz CT molecular complexity index is 2340. The van der Waals surface area contributed by atoms with Crippen LogP contribution in [0.4, 0.5) is 11.4 Å². The number of hydrogen-bond donors (Lipinski definition) is 1. The molecule has 0 aliphatic carbocycles. The minimum absolute atomic E-state index is 0.0263. The number of nitrogens with zero attached hydrogens (tertiary/aromatic N) is 3. The zero-order chi connectivity index (χ0) is 34.5. The first-order valence-electron chi connectivity index (χ1n) is 16.3. The van der Waals surface area contributed by atoms with Crippen LogP contribution >= 0.6 is 0 Å². The summed E-state index contributed by atoms with van der Waals surface area (Å²) in [6, 6.07) is 29.1. The number of aromatic nitrogens is 1. The number of fused-ring (bicyclic) bond motifs is 9. The van der Waals surface area contributed by atoms with Crippen molar-refractivity contribution in [2.75, 3.05) is 36.1 Å². The summed E-state index contributed by atoms with van der Waals surface area (Å²) in [6.07, 6.45) is 10.0. The molecule has 250 valence electrons. The SMILES string of the molecule is O=COCCN1\C(=C/C=C/C=C/c2[se]c3c4ccccc4c4ccccc4c3[n+]2CCC(=O)O)N(CCOC=O)c2c1ccc1ccccc21. The monoisotopic (exact) mass is 732 g/mol. The molecule has 0 atom stereocenters. The number of hydrogen-bond acceptors (Lipinski definition) is 7. The molecule has 1 aliphatic rings. The van der Waals surface area contributed by atoms with Crippen molar-refractivity contribution >= 4 is 93.0 Å². The van der Waals surface area contributed by atoms with Crippen LogP contribution in [0.2, 0.25) is 0 Å². The van der Waals surface area contributed by atoms with Gasteiger partial charge in [0.25, 0.3) is 0 Å². The number of allylic oxidation sites excluding steroid dienone is 4. The van der Waals surface area contributed by atoms with E-state index in [1.54, 1.807) is 0 Å². The number of anilines is 2. The van der Waals surface area contributed by atoms with Crippen molar-refractivity contribution in [1.29, 1.82) is 0 Å². The normalized spacial score (nSPS) is 13.8. The van der Waals surface area contributed by atoms with Crippen LogP contribution in [0.3, 0.4) is 0 Å². The molecular formula is C40H34N3O6Se+. The van der Waals surface area contributed by atoms with Crippen LogP contribution in [0.5, 0.6) is 0 Å². The number of rotatable bonds is 14. The Kier molecular flexibility index (Phi) is 9.73. The molecule has 1 aromatic heterocycles. The van der Waals surface area contributed by atoms with E-state index in [1.165, 1.54) is 15.0 Å². The van der Waals surface area contributed by atoms with Gasteiger partial charge in [0.15, 0.2) is 0 Å². The summed E-state index contributed by atoms with van der Waals surface area (Å²) in [5.74, 6) is 0.0265. The quantitative estimate of drug-likeness (QED) is 0.0353. The Morgan fingerprint density at radius 2 is 1.38 bits per heavy atom. The molecule has 0 radical (unpaired) electrons. The van der Waals surface area contributed by atoms with Crippen molar-refractivity contribution < 1.29 is 33.5 Å². The van der Waals surface area contributed by atoms with Crippen molar-refractivity contribution in [2.24, 2.45) is 0 Å². The molecule has 7 rings (SSSR count). The molecule has 50 heavy (non-hydrogen) atoms. The second kappa shape index (κ2) is 14.8. The third-order valence-electron chi connectivity index (χ3n) is 8.85. The van der Waals surface area contributed by atoms with Gasteiger partial charge in [0.1, 0.15) is 0 Å². The zero-order valence-corrected chi connectivity index (χ0v) is 28.8. The maximum absolute atomic E-state index is 11.7. The molecule has 0 fully saturated rings. The third kappa shape index (κ3) is 6.27. The van der Waals surface area contributed by atoms with Crippen molar-refractivity contribution in [3.8, 4) is 0 Å². The zero-order valence-electron chi connectivity index (χ0n) is 27.1. The van der Waals surface area contributed by atoms with E-state index < -0.39 is 5.97 Å². The molecular weight excluding hydrogens is 697 g/mol. The van der Waals surface area contributed by atoms with E-state index in [9.17, 15) is 19.5 Å². The third-order valence-corrected chi connectivity index (χ3v) is 11.3. The fourth-order valence-electron chi connectivity index (χ4n) is 6.78. The molecule has 10 heteroatoms. The molecule has 0 saturated carbocycles. The van der Waals surface area contributed by atoms with E-state index in [1.807, 2.05) is 48.6 Å². The van der Waals surface area contributed by atoms with Gasteiger partial charge in [-0.25, -0.2) is 0 Å². The number of aliphatic carboxylic acids is 1. The molecule has 0 amide bonds. The van der Waals surface area contributed by atoms with Gasteiger partial charge in [0.2, 0.25) is 0 Å². The molecule has 5 aromatic carbocycles. The summed E-state index contributed by atoms with van der Waals surface area (Å²) in [4.78, 5) is 38.0. The summed E-state index contributed by atoms with van der Waals surface area (Å²) in [5, 5.41) is 16.5. The Balaban J connectivity index is 1.28. The Hall–Kier alpha value is -5.70. The van der Waals surface area contributed by atoms with Crippen LogP contribution in [-0.2, 0) is 30.4 Å². The molecule has 9 nitrogen and oxygen atoms in total. The first kappa shape index (κ1) is 32.8. The van der Waals surface area contributed by atoms with Crippen LogP contribution in [0.1, 0.15) is 11.0 Å². The Morgan fingerprint density at radius 3 is 2.10 bits per heavy atom. The summed E-state index contributed by atoms with van der Waals surface area (Å²) in [6.45, 7) is 2.54. The number of ether oxygens (including phenoxy) is 2. The van der Waals surface area contributed by atoms with Crippen LogP contribution in [-0.4, -0.2) is 64.8 Å². The number of aryl methyl sites for hydroxylation is 1. The maximum atomic E-state index is 11.7.